The lowest BCUT2D eigenvalue weighted by Gasteiger charge is -2.38. The predicted molar refractivity (Wildman–Crippen MR) is 113 cm³/mol. The van der Waals surface area contributed by atoms with Crippen LogP contribution in [-0.4, -0.2) is 78.0 Å². The third-order valence-corrected chi connectivity index (χ3v) is 8.48. The summed E-state index contributed by atoms with van der Waals surface area (Å²) in [6.45, 7) is 4.56. The first-order valence-corrected chi connectivity index (χ1v) is 12.4. The van der Waals surface area contributed by atoms with Crippen molar-refractivity contribution in [2.45, 2.75) is 50.7 Å². The summed E-state index contributed by atoms with van der Waals surface area (Å²) in [5, 5.41) is 2.96. The van der Waals surface area contributed by atoms with Gasteiger partial charge in [0.15, 0.2) is 0 Å². The Morgan fingerprint density at radius 3 is 2.47 bits per heavy atom. The van der Waals surface area contributed by atoms with Crippen LogP contribution in [-0.2, 0) is 21.4 Å². The molecular weight excluding hydrogens is 404 g/mol. The Morgan fingerprint density at radius 2 is 1.80 bits per heavy atom. The summed E-state index contributed by atoms with van der Waals surface area (Å²) < 4.78 is 26.0. The summed E-state index contributed by atoms with van der Waals surface area (Å²) in [7, 11) is -3.33. The number of hydrogen-bond donors (Lipinski definition) is 1. The maximum absolute atomic E-state index is 13.3. The van der Waals surface area contributed by atoms with E-state index >= 15 is 0 Å². The molecule has 0 aromatic heterocycles. The number of nitrogens with zero attached hydrogens (tertiary/aromatic N) is 3. The number of rotatable bonds is 5. The number of benzene rings is 1. The van der Waals surface area contributed by atoms with Crippen molar-refractivity contribution in [2.75, 3.05) is 31.9 Å². The molecule has 3 heterocycles. The van der Waals surface area contributed by atoms with E-state index in [1.807, 2.05) is 18.2 Å². The Bertz CT molecular complexity index is 897. The van der Waals surface area contributed by atoms with E-state index in [-0.39, 0.29) is 24.2 Å². The van der Waals surface area contributed by atoms with E-state index in [4.69, 9.17) is 0 Å². The van der Waals surface area contributed by atoms with E-state index in [9.17, 15) is 18.0 Å². The molecule has 30 heavy (non-hydrogen) atoms. The normalized spacial score (nSPS) is 25.6. The highest BCUT2D eigenvalue weighted by Crippen LogP contribution is 2.33. The second-order valence-corrected chi connectivity index (χ2v) is 10.8. The minimum Gasteiger partial charge on any atom is -0.323 e. The zero-order chi connectivity index (χ0) is 21.4. The molecule has 1 aromatic rings. The van der Waals surface area contributed by atoms with Crippen LogP contribution < -0.4 is 5.32 Å². The van der Waals surface area contributed by atoms with Gasteiger partial charge in [-0.2, -0.15) is 4.31 Å². The van der Waals surface area contributed by atoms with Gasteiger partial charge in [-0.25, -0.2) is 13.2 Å². The summed E-state index contributed by atoms with van der Waals surface area (Å²) >= 11 is 0. The van der Waals surface area contributed by atoms with Gasteiger partial charge in [-0.05, 0) is 38.2 Å². The number of nitrogens with one attached hydrogen (secondary N) is 1. The molecule has 164 valence electrons. The van der Waals surface area contributed by atoms with Crippen LogP contribution in [0.15, 0.2) is 30.3 Å². The van der Waals surface area contributed by atoms with Gasteiger partial charge in [-0.1, -0.05) is 30.3 Å². The second kappa shape index (κ2) is 8.28. The van der Waals surface area contributed by atoms with Gasteiger partial charge in [0.2, 0.25) is 10.0 Å². The van der Waals surface area contributed by atoms with Crippen molar-refractivity contribution in [3.05, 3.63) is 35.9 Å². The molecule has 0 unspecified atom stereocenters. The van der Waals surface area contributed by atoms with Crippen molar-refractivity contribution in [2.24, 2.45) is 0 Å². The third-order valence-electron chi connectivity index (χ3n) is 6.63. The molecule has 3 fully saturated rings. The lowest BCUT2D eigenvalue weighted by molar-refractivity contribution is -0.135. The minimum absolute atomic E-state index is 0.0288. The summed E-state index contributed by atoms with van der Waals surface area (Å²) in [5.41, 5.74) is 0.382. The molecule has 8 nitrogen and oxygen atoms in total. The van der Waals surface area contributed by atoms with Gasteiger partial charge < -0.3 is 5.32 Å². The van der Waals surface area contributed by atoms with Crippen molar-refractivity contribution < 1.29 is 18.0 Å². The molecule has 1 atom stereocenters. The molecule has 1 spiro atoms. The minimum atomic E-state index is -3.33. The molecule has 1 N–H and O–H groups in total. The van der Waals surface area contributed by atoms with Crippen LogP contribution in [0.2, 0.25) is 0 Å². The number of amides is 3. The number of sulfonamides is 1. The smallest absolute Gasteiger partial charge is 0.323 e. The Labute approximate surface area is 178 Å². The number of likely N-dealkylation sites (tertiary alicyclic amines) is 1. The highest BCUT2D eigenvalue weighted by atomic mass is 32.2. The average molecular weight is 435 g/mol. The molecule has 3 amide bonds. The topological polar surface area (TPSA) is 90.0 Å². The number of imide groups is 1. The van der Waals surface area contributed by atoms with Gasteiger partial charge >= 0.3 is 6.03 Å². The molecule has 1 aromatic carbocycles. The van der Waals surface area contributed by atoms with Crippen LogP contribution in [0.1, 0.15) is 38.2 Å². The van der Waals surface area contributed by atoms with Crippen molar-refractivity contribution in [3.63, 3.8) is 0 Å². The van der Waals surface area contributed by atoms with E-state index < -0.39 is 21.6 Å². The number of carbonyl (C=O) groups excluding carboxylic acids is 2. The van der Waals surface area contributed by atoms with Crippen LogP contribution in [0.3, 0.4) is 0 Å². The van der Waals surface area contributed by atoms with Crippen LogP contribution in [0.5, 0.6) is 0 Å². The van der Waals surface area contributed by atoms with Gasteiger partial charge in [0, 0.05) is 32.7 Å². The molecule has 0 aliphatic carbocycles. The molecule has 0 saturated carbocycles. The zero-order valence-corrected chi connectivity index (χ0v) is 18.2. The fourth-order valence-electron chi connectivity index (χ4n) is 4.81. The van der Waals surface area contributed by atoms with E-state index in [1.54, 1.807) is 6.92 Å². The molecule has 3 aliphatic heterocycles. The highest BCUT2D eigenvalue weighted by molar-refractivity contribution is 7.89. The number of hydrogen-bond acceptors (Lipinski definition) is 5. The molecule has 3 aliphatic rings. The van der Waals surface area contributed by atoms with Crippen molar-refractivity contribution in [3.8, 4) is 0 Å². The Balaban J connectivity index is 1.42. The summed E-state index contributed by atoms with van der Waals surface area (Å²) in [5.74, 6) is -0.159. The Kier molecular flexibility index (Phi) is 5.87. The van der Waals surface area contributed by atoms with E-state index in [0.29, 0.717) is 32.2 Å². The SMILES string of the molecule is CCS(=O)(=O)N1CCC[C@H](N2C(=O)NC3(CCN(Cc4ccccc4)CC3)C2=O)C1. The molecular formula is C21H30N4O4S. The lowest BCUT2D eigenvalue weighted by atomic mass is 9.87. The van der Waals surface area contributed by atoms with Gasteiger partial charge in [0.05, 0.1) is 11.8 Å². The molecule has 4 rings (SSSR count). The Hall–Kier alpha value is -1.97. The fourth-order valence-corrected chi connectivity index (χ4v) is 5.98. The maximum Gasteiger partial charge on any atom is 0.325 e. The first kappa shape index (κ1) is 21.3. The van der Waals surface area contributed by atoms with E-state index in [2.05, 4.69) is 22.3 Å². The molecule has 9 heteroatoms. The summed E-state index contributed by atoms with van der Waals surface area (Å²) in [6.07, 6.45) is 2.44. The zero-order valence-electron chi connectivity index (χ0n) is 17.4. The second-order valence-electron chi connectivity index (χ2n) is 8.50. The predicted octanol–water partition coefficient (Wildman–Crippen LogP) is 1.39. The first-order chi connectivity index (χ1) is 14.3. The number of piperidine rings is 2. The van der Waals surface area contributed by atoms with E-state index in [1.165, 1.54) is 14.8 Å². The Morgan fingerprint density at radius 1 is 1.10 bits per heavy atom. The lowest BCUT2D eigenvalue weighted by Crippen LogP contribution is -2.56. The monoisotopic (exact) mass is 434 g/mol. The van der Waals surface area contributed by atoms with Gasteiger partial charge in [0.25, 0.3) is 5.91 Å². The maximum atomic E-state index is 13.3. The van der Waals surface area contributed by atoms with Crippen LogP contribution in [0, 0.1) is 0 Å². The standard InChI is InChI=1S/C21H30N4O4S/c1-2-30(28,29)24-12-6-9-18(16-24)25-19(26)21(22-20(25)27)10-13-23(14-11-21)15-17-7-4-3-5-8-17/h3-5,7-8,18H,2,6,9-16H2,1H3,(H,22,27)/t18-/m0/s1. The summed E-state index contributed by atoms with van der Waals surface area (Å²) in [6, 6.07) is 9.44. The van der Waals surface area contributed by atoms with E-state index in [0.717, 1.165) is 19.6 Å². The van der Waals surface area contributed by atoms with Gasteiger partial charge in [-0.3, -0.25) is 14.6 Å². The highest BCUT2D eigenvalue weighted by Gasteiger charge is 2.54. The third kappa shape index (κ3) is 3.98. The van der Waals surface area contributed by atoms with Gasteiger partial charge in [-0.15, -0.1) is 0 Å². The molecule has 0 radical (unpaired) electrons. The van der Waals surface area contributed by atoms with Crippen LogP contribution >= 0.6 is 0 Å². The summed E-state index contributed by atoms with van der Waals surface area (Å²) in [4.78, 5) is 29.7. The number of carbonyl (C=O) groups is 2. The quantitative estimate of drug-likeness (QED) is 0.708. The largest absolute Gasteiger partial charge is 0.325 e. The van der Waals surface area contributed by atoms with Crippen molar-refractivity contribution in [1.82, 2.24) is 19.4 Å². The van der Waals surface area contributed by atoms with Gasteiger partial charge in [0.1, 0.15) is 5.54 Å². The first-order valence-electron chi connectivity index (χ1n) is 10.7. The number of urea groups is 1. The van der Waals surface area contributed by atoms with Crippen molar-refractivity contribution in [1.29, 1.82) is 0 Å². The fraction of sp³-hybridized carbons (Fsp3) is 0.619. The molecule has 0 bridgehead atoms. The van der Waals surface area contributed by atoms with Crippen LogP contribution in [0.25, 0.3) is 0 Å². The average Bonchev–Trinajstić information content (AvgIpc) is 3.00. The van der Waals surface area contributed by atoms with Crippen molar-refractivity contribution >= 4 is 22.0 Å². The molecule has 3 saturated heterocycles. The van der Waals surface area contributed by atoms with Crippen LogP contribution in [0.4, 0.5) is 4.79 Å².